The molecule has 0 saturated carbocycles. The van der Waals surface area contributed by atoms with Crippen LogP contribution in [0.5, 0.6) is 0 Å². The zero-order chi connectivity index (χ0) is 13.7. The van der Waals surface area contributed by atoms with Crippen LogP contribution in [0.25, 0.3) is 0 Å². The molecule has 2 aromatic rings. The lowest BCUT2D eigenvalue weighted by atomic mass is 10.2. The lowest BCUT2D eigenvalue weighted by molar-refractivity contribution is 0.0960. The first kappa shape index (κ1) is 13.4. The van der Waals surface area contributed by atoms with Gasteiger partial charge in [0.25, 0.3) is 5.91 Å². The summed E-state index contributed by atoms with van der Waals surface area (Å²) < 4.78 is 0. The summed E-state index contributed by atoms with van der Waals surface area (Å²) in [6.07, 6.45) is 0.812. The van der Waals surface area contributed by atoms with Crippen LogP contribution in [0.3, 0.4) is 0 Å². The van der Waals surface area contributed by atoms with E-state index in [0.29, 0.717) is 11.1 Å². The Labute approximate surface area is 116 Å². The first-order chi connectivity index (χ1) is 9.24. The highest BCUT2D eigenvalue weighted by atomic mass is 32.2. The Kier molecular flexibility index (Phi) is 4.36. The molecule has 0 aromatic heterocycles. The zero-order valence-electron chi connectivity index (χ0n) is 10.4. The first-order valence-corrected chi connectivity index (χ1v) is 6.60. The van der Waals surface area contributed by atoms with Gasteiger partial charge in [0.2, 0.25) is 0 Å². The van der Waals surface area contributed by atoms with Crippen molar-refractivity contribution in [3.8, 4) is 0 Å². The Hall–Kier alpha value is -2.07. The molecule has 0 aliphatic heterocycles. The van der Waals surface area contributed by atoms with Crippen molar-refractivity contribution in [2.75, 3.05) is 7.05 Å². The summed E-state index contributed by atoms with van der Waals surface area (Å²) in [5, 5.41) is 2.63. The highest BCUT2D eigenvalue weighted by Gasteiger charge is 2.10. The van der Waals surface area contributed by atoms with Gasteiger partial charge in [0.1, 0.15) is 6.29 Å². The normalized spacial score (nSPS) is 9.95. The molecule has 1 N–H and O–H groups in total. The van der Waals surface area contributed by atoms with Gasteiger partial charge < -0.3 is 5.32 Å². The number of hydrogen-bond donors (Lipinski definition) is 1. The average Bonchev–Trinajstić information content (AvgIpc) is 2.48. The van der Waals surface area contributed by atoms with E-state index in [2.05, 4.69) is 5.32 Å². The van der Waals surface area contributed by atoms with Crippen LogP contribution in [-0.2, 0) is 0 Å². The van der Waals surface area contributed by atoms with Crippen LogP contribution in [0.1, 0.15) is 20.7 Å². The topological polar surface area (TPSA) is 46.2 Å². The molecule has 0 saturated heterocycles. The van der Waals surface area contributed by atoms with Gasteiger partial charge in [-0.25, -0.2) is 0 Å². The third-order valence-electron chi connectivity index (χ3n) is 2.60. The summed E-state index contributed by atoms with van der Waals surface area (Å²) >= 11 is 1.50. The minimum atomic E-state index is -0.104. The Bertz CT molecular complexity index is 593. The molecule has 0 spiro atoms. The molecule has 0 heterocycles. The predicted octanol–water partition coefficient (Wildman–Crippen LogP) is 3.01. The molecule has 0 radical (unpaired) electrons. The summed E-state index contributed by atoms with van der Waals surface area (Å²) in [6.45, 7) is 0. The molecule has 0 fully saturated rings. The Morgan fingerprint density at radius 3 is 2.42 bits per heavy atom. The molecule has 3 nitrogen and oxygen atoms in total. The molecular formula is C15H13NO2S. The molecule has 1 amide bonds. The van der Waals surface area contributed by atoms with Gasteiger partial charge in [-0.05, 0) is 24.3 Å². The quantitative estimate of drug-likeness (QED) is 0.869. The maximum atomic E-state index is 11.8. The number of benzene rings is 2. The number of hydrogen-bond acceptors (Lipinski definition) is 3. The average molecular weight is 271 g/mol. The van der Waals surface area contributed by atoms with Crippen LogP contribution in [0.4, 0.5) is 0 Å². The molecule has 0 aliphatic rings. The number of amides is 1. The third kappa shape index (κ3) is 3.23. The minimum absolute atomic E-state index is 0.104. The second-order valence-corrected chi connectivity index (χ2v) is 4.98. The Morgan fingerprint density at radius 2 is 1.79 bits per heavy atom. The van der Waals surface area contributed by atoms with E-state index in [1.54, 1.807) is 25.2 Å². The number of carbonyl (C=O) groups excluding carboxylic acids is 2. The van der Waals surface area contributed by atoms with Gasteiger partial charge in [0, 0.05) is 22.4 Å². The van der Waals surface area contributed by atoms with E-state index in [-0.39, 0.29) is 5.91 Å². The van der Waals surface area contributed by atoms with Crippen LogP contribution in [0, 0.1) is 0 Å². The molecule has 0 bridgehead atoms. The van der Waals surface area contributed by atoms with Gasteiger partial charge >= 0.3 is 0 Å². The predicted molar refractivity (Wildman–Crippen MR) is 75.8 cm³/mol. The summed E-state index contributed by atoms with van der Waals surface area (Å²) in [5.74, 6) is -0.104. The van der Waals surface area contributed by atoms with Crippen molar-refractivity contribution in [3.63, 3.8) is 0 Å². The molecule has 0 atom stereocenters. The molecule has 0 aliphatic carbocycles. The van der Waals surface area contributed by atoms with Crippen LogP contribution in [0.2, 0.25) is 0 Å². The van der Waals surface area contributed by atoms with Gasteiger partial charge in [-0.1, -0.05) is 36.0 Å². The highest BCUT2D eigenvalue weighted by Crippen LogP contribution is 2.30. The van der Waals surface area contributed by atoms with Crippen molar-refractivity contribution >= 4 is 24.0 Å². The number of nitrogens with one attached hydrogen (secondary N) is 1. The second-order valence-electron chi connectivity index (χ2n) is 3.86. The molecule has 4 heteroatoms. The van der Waals surface area contributed by atoms with E-state index in [1.807, 2.05) is 30.3 Å². The van der Waals surface area contributed by atoms with Crippen molar-refractivity contribution in [2.24, 2.45) is 0 Å². The summed E-state index contributed by atoms with van der Waals surface area (Å²) in [4.78, 5) is 24.2. The SMILES string of the molecule is CNC(=O)c1ccccc1Sc1ccc(C=O)cc1. The lowest BCUT2D eigenvalue weighted by Crippen LogP contribution is -2.18. The number of rotatable bonds is 4. The smallest absolute Gasteiger partial charge is 0.252 e. The van der Waals surface area contributed by atoms with Gasteiger partial charge in [-0.2, -0.15) is 0 Å². The van der Waals surface area contributed by atoms with E-state index in [0.717, 1.165) is 16.1 Å². The van der Waals surface area contributed by atoms with Gasteiger partial charge in [-0.15, -0.1) is 0 Å². The van der Waals surface area contributed by atoms with E-state index >= 15 is 0 Å². The van der Waals surface area contributed by atoms with Gasteiger partial charge in [0.15, 0.2) is 0 Å². The molecule has 0 unspecified atom stereocenters. The summed E-state index contributed by atoms with van der Waals surface area (Å²) in [7, 11) is 1.61. The van der Waals surface area contributed by atoms with Crippen molar-refractivity contribution in [2.45, 2.75) is 9.79 Å². The summed E-state index contributed by atoms with van der Waals surface area (Å²) in [5.41, 5.74) is 1.29. The maximum Gasteiger partial charge on any atom is 0.252 e. The Morgan fingerprint density at radius 1 is 1.11 bits per heavy atom. The van der Waals surface area contributed by atoms with Crippen LogP contribution in [0.15, 0.2) is 58.3 Å². The standard InChI is InChI=1S/C15H13NO2S/c1-16-15(18)13-4-2-3-5-14(13)19-12-8-6-11(10-17)7-9-12/h2-10H,1H3,(H,16,18). The van der Waals surface area contributed by atoms with Gasteiger partial charge in [-0.3, -0.25) is 9.59 Å². The van der Waals surface area contributed by atoms with Crippen LogP contribution in [-0.4, -0.2) is 19.2 Å². The zero-order valence-corrected chi connectivity index (χ0v) is 11.2. The monoisotopic (exact) mass is 271 g/mol. The van der Waals surface area contributed by atoms with Crippen molar-refractivity contribution in [1.29, 1.82) is 0 Å². The van der Waals surface area contributed by atoms with E-state index in [4.69, 9.17) is 0 Å². The fourth-order valence-corrected chi connectivity index (χ4v) is 2.56. The van der Waals surface area contributed by atoms with Crippen molar-refractivity contribution in [3.05, 3.63) is 59.7 Å². The third-order valence-corrected chi connectivity index (χ3v) is 3.69. The largest absolute Gasteiger partial charge is 0.355 e. The van der Waals surface area contributed by atoms with Gasteiger partial charge in [0.05, 0.1) is 5.56 Å². The number of carbonyl (C=O) groups is 2. The van der Waals surface area contributed by atoms with Crippen molar-refractivity contribution in [1.82, 2.24) is 5.32 Å². The molecular weight excluding hydrogens is 258 g/mol. The second kappa shape index (κ2) is 6.20. The first-order valence-electron chi connectivity index (χ1n) is 5.79. The fraction of sp³-hybridized carbons (Fsp3) is 0.0667. The summed E-state index contributed by atoms with van der Waals surface area (Å²) in [6, 6.07) is 14.7. The van der Waals surface area contributed by atoms with Crippen LogP contribution >= 0.6 is 11.8 Å². The van der Waals surface area contributed by atoms with E-state index in [9.17, 15) is 9.59 Å². The molecule has 2 rings (SSSR count). The maximum absolute atomic E-state index is 11.8. The highest BCUT2D eigenvalue weighted by molar-refractivity contribution is 7.99. The number of aldehydes is 1. The van der Waals surface area contributed by atoms with Crippen molar-refractivity contribution < 1.29 is 9.59 Å². The lowest BCUT2D eigenvalue weighted by Gasteiger charge is -2.07. The Balaban J connectivity index is 2.27. The van der Waals surface area contributed by atoms with E-state index in [1.165, 1.54) is 11.8 Å². The fourth-order valence-electron chi connectivity index (χ4n) is 1.62. The molecule has 96 valence electrons. The van der Waals surface area contributed by atoms with Crippen LogP contribution < -0.4 is 5.32 Å². The minimum Gasteiger partial charge on any atom is -0.355 e. The van der Waals surface area contributed by atoms with E-state index < -0.39 is 0 Å². The molecule has 19 heavy (non-hydrogen) atoms. The molecule has 2 aromatic carbocycles.